The fourth-order valence-electron chi connectivity index (χ4n) is 2.78. The predicted octanol–water partition coefficient (Wildman–Crippen LogP) is 5.14. The summed E-state index contributed by atoms with van der Waals surface area (Å²) in [6, 6.07) is 18.5. The largest absolute Gasteiger partial charge is 0.478 e. The number of amides is 1. The highest BCUT2D eigenvalue weighted by Crippen LogP contribution is 2.29. The lowest BCUT2D eigenvalue weighted by atomic mass is 10.0. The second-order valence-electron chi connectivity index (χ2n) is 6.92. The van der Waals surface area contributed by atoms with Crippen molar-refractivity contribution >= 4 is 23.3 Å². The molecule has 29 heavy (non-hydrogen) atoms. The van der Waals surface area contributed by atoms with Gasteiger partial charge in [0.25, 0.3) is 5.91 Å². The van der Waals surface area contributed by atoms with Crippen LogP contribution in [0.25, 0.3) is 0 Å². The van der Waals surface area contributed by atoms with Gasteiger partial charge in [-0.15, -0.1) is 0 Å². The smallest absolute Gasteiger partial charge is 0.337 e. The van der Waals surface area contributed by atoms with Gasteiger partial charge in [0, 0.05) is 17.3 Å². The normalized spacial score (nSPS) is 10.6. The van der Waals surface area contributed by atoms with Crippen molar-refractivity contribution in [1.82, 2.24) is 0 Å². The number of carbonyl (C=O) groups is 2. The first-order chi connectivity index (χ1) is 13.8. The summed E-state index contributed by atoms with van der Waals surface area (Å²) in [5, 5.41) is 12.1. The molecule has 4 N–H and O–H groups in total. The first kappa shape index (κ1) is 19.9. The lowest BCUT2D eigenvalue weighted by Gasteiger charge is -2.13. The van der Waals surface area contributed by atoms with Crippen LogP contribution >= 0.6 is 0 Å². The van der Waals surface area contributed by atoms with Gasteiger partial charge in [0.2, 0.25) is 0 Å². The topological polar surface area (TPSA) is 102 Å². The molecule has 0 unspecified atom stereocenters. The van der Waals surface area contributed by atoms with Gasteiger partial charge in [0.05, 0.1) is 11.3 Å². The Labute approximate surface area is 168 Å². The number of nitrogens with two attached hydrogens (primary N) is 1. The number of hydrogen-bond donors (Lipinski definition) is 3. The first-order valence-electron chi connectivity index (χ1n) is 9.15. The zero-order valence-electron chi connectivity index (χ0n) is 16.2. The number of anilines is 2. The molecule has 3 aromatic carbocycles. The van der Waals surface area contributed by atoms with Crippen LogP contribution < -0.4 is 15.8 Å². The van der Waals surface area contributed by atoms with Gasteiger partial charge < -0.3 is 20.9 Å². The van der Waals surface area contributed by atoms with Crippen LogP contribution in [-0.4, -0.2) is 17.0 Å². The van der Waals surface area contributed by atoms with E-state index in [1.807, 2.05) is 24.3 Å². The summed E-state index contributed by atoms with van der Waals surface area (Å²) in [5.74, 6) is -0.182. The quantitative estimate of drug-likeness (QED) is 0.506. The Hall–Kier alpha value is -3.80. The minimum absolute atomic E-state index is 0.0305. The summed E-state index contributed by atoms with van der Waals surface area (Å²) in [5.41, 5.74) is 7.79. The lowest BCUT2D eigenvalue weighted by Crippen LogP contribution is -2.15. The van der Waals surface area contributed by atoms with Gasteiger partial charge in [-0.1, -0.05) is 26.0 Å². The van der Waals surface area contributed by atoms with E-state index in [-0.39, 0.29) is 11.3 Å². The van der Waals surface area contributed by atoms with E-state index in [2.05, 4.69) is 19.2 Å². The molecule has 0 saturated carbocycles. The minimum atomic E-state index is -1.15. The molecule has 0 heterocycles. The molecule has 3 rings (SSSR count). The van der Waals surface area contributed by atoms with Gasteiger partial charge in [-0.2, -0.15) is 0 Å². The van der Waals surface area contributed by atoms with Gasteiger partial charge in [-0.25, -0.2) is 4.79 Å². The summed E-state index contributed by atoms with van der Waals surface area (Å²) < 4.78 is 5.89. The minimum Gasteiger partial charge on any atom is -0.478 e. The molecule has 0 radical (unpaired) electrons. The number of carboxylic acid groups (broad SMARTS) is 1. The standard InChI is InChI=1S/C23H22N2O4/c1-14(2)16-4-3-5-18(12-16)29-19-10-11-20(23(27)28)21(13-19)25-22(26)15-6-8-17(24)9-7-15/h3-14H,24H2,1-2H3,(H,25,26)(H,27,28). The molecule has 148 valence electrons. The van der Waals surface area contributed by atoms with E-state index in [4.69, 9.17) is 10.5 Å². The van der Waals surface area contributed by atoms with Crippen molar-refractivity contribution in [3.8, 4) is 11.5 Å². The number of carbonyl (C=O) groups excluding carboxylic acids is 1. The average Bonchev–Trinajstić information content (AvgIpc) is 2.68. The number of nitrogen functional groups attached to an aromatic ring is 1. The van der Waals surface area contributed by atoms with Crippen LogP contribution in [0, 0.1) is 0 Å². The van der Waals surface area contributed by atoms with E-state index in [0.29, 0.717) is 28.7 Å². The molecule has 6 nitrogen and oxygen atoms in total. The molecule has 0 aromatic heterocycles. The maximum Gasteiger partial charge on any atom is 0.337 e. The Kier molecular flexibility index (Phi) is 5.83. The van der Waals surface area contributed by atoms with Crippen molar-refractivity contribution in [2.75, 3.05) is 11.1 Å². The highest BCUT2D eigenvalue weighted by molar-refractivity contribution is 6.08. The number of carboxylic acids is 1. The third kappa shape index (κ3) is 4.93. The fraction of sp³-hybridized carbons (Fsp3) is 0.130. The molecule has 0 spiro atoms. The molecular formula is C23H22N2O4. The SMILES string of the molecule is CC(C)c1cccc(Oc2ccc(C(=O)O)c(NC(=O)c3ccc(N)cc3)c2)c1. The molecule has 0 fully saturated rings. The molecule has 0 atom stereocenters. The number of benzene rings is 3. The van der Waals surface area contributed by atoms with Crippen molar-refractivity contribution in [1.29, 1.82) is 0 Å². The molecule has 0 aliphatic rings. The maximum atomic E-state index is 12.5. The van der Waals surface area contributed by atoms with E-state index in [9.17, 15) is 14.7 Å². The summed E-state index contributed by atoms with van der Waals surface area (Å²) >= 11 is 0. The highest BCUT2D eigenvalue weighted by atomic mass is 16.5. The van der Waals surface area contributed by atoms with Gasteiger partial charge in [-0.3, -0.25) is 4.79 Å². The van der Waals surface area contributed by atoms with Crippen LogP contribution in [0.4, 0.5) is 11.4 Å². The second kappa shape index (κ2) is 8.48. The van der Waals surface area contributed by atoms with Crippen molar-refractivity contribution in [3.63, 3.8) is 0 Å². The first-order valence-corrected chi connectivity index (χ1v) is 9.15. The molecule has 1 amide bonds. The number of aromatic carboxylic acids is 1. The Morgan fingerprint density at radius 1 is 0.966 bits per heavy atom. The molecule has 3 aromatic rings. The van der Waals surface area contributed by atoms with Crippen molar-refractivity contribution in [2.24, 2.45) is 0 Å². The van der Waals surface area contributed by atoms with Gasteiger partial charge >= 0.3 is 5.97 Å². The van der Waals surface area contributed by atoms with Crippen LogP contribution in [0.1, 0.15) is 46.0 Å². The van der Waals surface area contributed by atoms with E-state index in [1.54, 1.807) is 30.3 Å². The van der Waals surface area contributed by atoms with Crippen LogP contribution in [-0.2, 0) is 0 Å². The summed E-state index contributed by atoms with van der Waals surface area (Å²) in [6.45, 7) is 4.18. The molecular weight excluding hydrogens is 368 g/mol. The maximum absolute atomic E-state index is 12.5. The third-order valence-electron chi connectivity index (χ3n) is 4.40. The average molecular weight is 390 g/mol. The van der Waals surface area contributed by atoms with E-state index < -0.39 is 11.9 Å². The van der Waals surface area contributed by atoms with E-state index >= 15 is 0 Å². The number of ether oxygens (including phenoxy) is 1. The van der Waals surface area contributed by atoms with Gasteiger partial charge in [0.1, 0.15) is 11.5 Å². The Balaban J connectivity index is 1.88. The summed E-state index contributed by atoms with van der Waals surface area (Å²) in [6.07, 6.45) is 0. The van der Waals surface area contributed by atoms with Crippen molar-refractivity contribution in [2.45, 2.75) is 19.8 Å². The zero-order valence-corrected chi connectivity index (χ0v) is 16.2. The van der Waals surface area contributed by atoms with Crippen LogP contribution in [0.5, 0.6) is 11.5 Å². The van der Waals surface area contributed by atoms with Crippen LogP contribution in [0.2, 0.25) is 0 Å². The summed E-state index contributed by atoms with van der Waals surface area (Å²) in [7, 11) is 0. The zero-order chi connectivity index (χ0) is 21.0. The van der Waals surface area contributed by atoms with E-state index in [0.717, 1.165) is 5.56 Å². The van der Waals surface area contributed by atoms with Crippen LogP contribution in [0.3, 0.4) is 0 Å². The number of nitrogens with one attached hydrogen (secondary N) is 1. The number of rotatable bonds is 6. The van der Waals surface area contributed by atoms with Gasteiger partial charge in [0.15, 0.2) is 0 Å². The van der Waals surface area contributed by atoms with Gasteiger partial charge in [-0.05, 0) is 60.0 Å². The Bertz CT molecular complexity index is 1040. The lowest BCUT2D eigenvalue weighted by molar-refractivity contribution is 0.0698. The number of hydrogen-bond acceptors (Lipinski definition) is 4. The van der Waals surface area contributed by atoms with Crippen molar-refractivity contribution in [3.05, 3.63) is 83.4 Å². The molecule has 0 saturated heterocycles. The van der Waals surface area contributed by atoms with E-state index in [1.165, 1.54) is 12.1 Å². The molecule has 0 aliphatic carbocycles. The molecule has 6 heteroatoms. The Morgan fingerprint density at radius 3 is 2.31 bits per heavy atom. The Morgan fingerprint density at radius 2 is 1.66 bits per heavy atom. The predicted molar refractivity (Wildman–Crippen MR) is 113 cm³/mol. The summed E-state index contributed by atoms with van der Waals surface area (Å²) in [4.78, 5) is 24.1. The third-order valence-corrected chi connectivity index (χ3v) is 4.40. The van der Waals surface area contributed by atoms with Crippen LogP contribution in [0.15, 0.2) is 66.7 Å². The second-order valence-corrected chi connectivity index (χ2v) is 6.92. The monoisotopic (exact) mass is 390 g/mol. The van der Waals surface area contributed by atoms with Crippen molar-refractivity contribution < 1.29 is 19.4 Å². The fourth-order valence-corrected chi connectivity index (χ4v) is 2.78. The highest BCUT2D eigenvalue weighted by Gasteiger charge is 2.15. The molecule has 0 aliphatic heterocycles. The molecule has 0 bridgehead atoms.